The number of pyridine rings is 1. The molecule has 1 saturated heterocycles. The normalized spacial score (nSPS) is 19.5. The van der Waals surface area contributed by atoms with Gasteiger partial charge in [-0.15, -0.1) is 0 Å². The summed E-state index contributed by atoms with van der Waals surface area (Å²) in [5.41, 5.74) is -0.444. The quantitative estimate of drug-likeness (QED) is 0.488. The summed E-state index contributed by atoms with van der Waals surface area (Å²) >= 11 is 0. The minimum Gasteiger partial charge on any atom is -0.495 e. The number of hydrogen-bond donors (Lipinski definition) is 1. The number of aromatic nitrogens is 5. The first kappa shape index (κ1) is 26.2. The van der Waals surface area contributed by atoms with Gasteiger partial charge >= 0.3 is 6.18 Å². The van der Waals surface area contributed by atoms with E-state index in [1.165, 1.54) is 18.0 Å². The number of methoxy groups -OCH3 is 1. The zero-order valence-electron chi connectivity index (χ0n) is 20.1. The zero-order valence-corrected chi connectivity index (χ0v) is 20.1. The van der Waals surface area contributed by atoms with Crippen LogP contribution < -0.4 is 10.1 Å². The van der Waals surface area contributed by atoms with Gasteiger partial charge in [0.25, 0.3) is 11.8 Å². The fourth-order valence-corrected chi connectivity index (χ4v) is 4.28. The number of hydrogen-bond acceptors (Lipinski definition) is 7. The highest BCUT2D eigenvalue weighted by atomic mass is 19.4. The number of alkyl halides is 5. The molecular weight excluding hydrogens is 501 g/mol. The van der Waals surface area contributed by atoms with Crippen LogP contribution in [0.2, 0.25) is 0 Å². The monoisotopic (exact) mass is 525 g/mol. The zero-order chi connectivity index (χ0) is 27.0. The SMILES string of the molecule is COc1ccc(-c2cn(C)nc2C(=O)N2CC(F)(F)C[C@@H](C)C2CNc2cnc(C(F)(F)F)cn2)nc1. The van der Waals surface area contributed by atoms with Crippen molar-refractivity contribution in [3.8, 4) is 17.0 Å². The second-order valence-electron chi connectivity index (χ2n) is 8.85. The van der Waals surface area contributed by atoms with Crippen molar-refractivity contribution in [3.63, 3.8) is 0 Å². The van der Waals surface area contributed by atoms with E-state index in [2.05, 4.69) is 25.4 Å². The standard InChI is InChI=1S/C23H24F5N7O2/c1-13-6-22(24,25)12-35(17(13)8-31-19-10-30-18(9-32-19)23(26,27)28)21(36)20-15(11-34(2)33-20)16-5-4-14(37-3)7-29-16/h4-5,7,9-11,13,17H,6,8,12H2,1-3H3,(H,31,32)/t13-,17?/m1/s1. The first-order chi connectivity index (χ1) is 17.4. The number of halogens is 5. The molecule has 3 aromatic rings. The van der Waals surface area contributed by atoms with Gasteiger partial charge in [0.2, 0.25) is 0 Å². The van der Waals surface area contributed by atoms with Crippen molar-refractivity contribution in [1.29, 1.82) is 0 Å². The second-order valence-corrected chi connectivity index (χ2v) is 8.85. The summed E-state index contributed by atoms with van der Waals surface area (Å²) < 4.78 is 74.0. The number of rotatable bonds is 6. The minimum absolute atomic E-state index is 0.0193. The van der Waals surface area contributed by atoms with E-state index in [-0.39, 0.29) is 18.1 Å². The lowest BCUT2D eigenvalue weighted by Crippen LogP contribution is -2.57. The Labute approximate surface area is 208 Å². The molecule has 3 aromatic heterocycles. The number of nitrogens with zero attached hydrogens (tertiary/aromatic N) is 6. The average Bonchev–Trinajstić information content (AvgIpc) is 3.23. The molecular formula is C23H24F5N7O2. The molecule has 0 aliphatic carbocycles. The Hall–Kier alpha value is -3.84. The van der Waals surface area contributed by atoms with E-state index in [1.54, 1.807) is 32.3 Å². The van der Waals surface area contributed by atoms with E-state index in [9.17, 15) is 26.7 Å². The lowest BCUT2D eigenvalue weighted by molar-refractivity contribution is -0.141. The van der Waals surface area contributed by atoms with Gasteiger partial charge in [0.15, 0.2) is 11.4 Å². The molecule has 0 bridgehead atoms. The molecule has 198 valence electrons. The number of carbonyl (C=O) groups is 1. The van der Waals surface area contributed by atoms with E-state index >= 15 is 0 Å². The lowest BCUT2D eigenvalue weighted by Gasteiger charge is -2.43. The Morgan fingerprint density at radius 2 is 1.95 bits per heavy atom. The molecule has 0 aromatic carbocycles. The van der Waals surface area contributed by atoms with E-state index in [4.69, 9.17) is 4.74 Å². The molecule has 9 nitrogen and oxygen atoms in total. The van der Waals surface area contributed by atoms with Crippen LogP contribution >= 0.6 is 0 Å². The largest absolute Gasteiger partial charge is 0.495 e. The van der Waals surface area contributed by atoms with Crippen molar-refractivity contribution in [2.75, 3.05) is 25.5 Å². The highest BCUT2D eigenvalue weighted by molar-refractivity contribution is 5.98. The van der Waals surface area contributed by atoms with Crippen LogP contribution in [0.15, 0.2) is 36.9 Å². The van der Waals surface area contributed by atoms with Gasteiger partial charge in [0.05, 0.1) is 49.5 Å². The number of carbonyl (C=O) groups excluding carboxylic acids is 1. The number of ether oxygens (including phenoxy) is 1. The Morgan fingerprint density at radius 1 is 1.19 bits per heavy atom. The third-order valence-electron chi connectivity index (χ3n) is 6.05. The van der Waals surface area contributed by atoms with Crippen molar-refractivity contribution in [1.82, 2.24) is 29.6 Å². The molecule has 1 aliphatic heterocycles. The fourth-order valence-electron chi connectivity index (χ4n) is 4.28. The molecule has 0 spiro atoms. The second kappa shape index (κ2) is 9.90. The fraction of sp³-hybridized carbons (Fsp3) is 0.435. The van der Waals surface area contributed by atoms with Crippen molar-refractivity contribution in [2.24, 2.45) is 13.0 Å². The summed E-state index contributed by atoms with van der Waals surface area (Å²) in [6.07, 6.45) is -0.590. The van der Waals surface area contributed by atoms with Gasteiger partial charge in [-0.3, -0.25) is 14.5 Å². The molecule has 0 radical (unpaired) electrons. The number of amides is 1. The highest BCUT2D eigenvalue weighted by Crippen LogP contribution is 2.36. The molecule has 1 aliphatic rings. The van der Waals surface area contributed by atoms with Gasteiger partial charge in [-0.25, -0.2) is 18.7 Å². The topological polar surface area (TPSA) is 98.1 Å². The van der Waals surface area contributed by atoms with Gasteiger partial charge < -0.3 is 15.0 Å². The Kier molecular flexibility index (Phi) is 7.02. The molecule has 4 heterocycles. The summed E-state index contributed by atoms with van der Waals surface area (Å²) in [6, 6.07) is 2.55. The van der Waals surface area contributed by atoms with Crippen LogP contribution in [0, 0.1) is 5.92 Å². The molecule has 37 heavy (non-hydrogen) atoms. The van der Waals surface area contributed by atoms with Crippen LogP contribution in [0.3, 0.4) is 0 Å². The van der Waals surface area contributed by atoms with Gasteiger partial charge in [-0.1, -0.05) is 6.92 Å². The summed E-state index contributed by atoms with van der Waals surface area (Å²) in [5.74, 6) is -3.97. The third kappa shape index (κ3) is 5.78. The number of aryl methyl sites for hydroxylation is 1. The predicted octanol–water partition coefficient (Wildman–Crippen LogP) is 3.90. The smallest absolute Gasteiger partial charge is 0.434 e. The van der Waals surface area contributed by atoms with E-state index in [1.807, 2.05) is 0 Å². The van der Waals surface area contributed by atoms with Gasteiger partial charge in [0.1, 0.15) is 11.6 Å². The summed E-state index contributed by atoms with van der Waals surface area (Å²) in [7, 11) is 3.08. The summed E-state index contributed by atoms with van der Waals surface area (Å²) in [6.45, 7) is 0.710. The van der Waals surface area contributed by atoms with E-state index in [0.29, 0.717) is 23.2 Å². The molecule has 2 atom stereocenters. The van der Waals surface area contributed by atoms with Crippen LogP contribution in [0.25, 0.3) is 11.3 Å². The molecule has 1 unspecified atom stereocenters. The molecule has 14 heteroatoms. The molecule has 4 rings (SSSR count). The van der Waals surface area contributed by atoms with Crippen molar-refractivity contribution >= 4 is 11.7 Å². The van der Waals surface area contributed by atoms with Crippen molar-refractivity contribution in [3.05, 3.63) is 48.3 Å². The van der Waals surface area contributed by atoms with Crippen LogP contribution in [-0.4, -0.2) is 67.7 Å². The molecule has 1 N–H and O–H groups in total. The number of nitrogens with one attached hydrogen (secondary N) is 1. The average molecular weight is 525 g/mol. The summed E-state index contributed by atoms with van der Waals surface area (Å²) in [4.78, 5) is 26.0. The Bertz CT molecular complexity index is 1250. The third-order valence-corrected chi connectivity index (χ3v) is 6.05. The number of piperidine rings is 1. The highest BCUT2D eigenvalue weighted by Gasteiger charge is 2.47. The van der Waals surface area contributed by atoms with E-state index < -0.39 is 48.6 Å². The predicted molar refractivity (Wildman–Crippen MR) is 122 cm³/mol. The molecule has 1 amide bonds. The maximum atomic E-state index is 14.6. The lowest BCUT2D eigenvalue weighted by atomic mass is 9.88. The number of anilines is 1. The van der Waals surface area contributed by atoms with Gasteiger partial charge in [-0.2, -0.15) is 18.3 Å². The minimum atomic E-state index is -4.64. The Balaban J connectivity index is 1.60. The van der Waals surface area contributed by atoms with Gasteiger partial charge in [0, 0.05) is 26.2 Å². The molecule has 1 fully saturated rings. The van der Waals surface area contributed by atoms with Crippen LogP contribution in [0.1, 0.15) is 29.5 Å². The van der Waals surface area contributed by atoms with E-state index in [0.717, 1.165) is 11.1 Å². The molecule has 0 saturated carbocycles. The van der Waals surface area contributed by atoms with Gasteiger partial charge in [-0.05, 0) is 18.1 Å². The maximum absolute atomic E-state index is 14.6. The summed E-state index contributed by atoms with van der Waals surface area (Å²) in [5, 5.41) is 7.04. The van der Waals surface area contributed by atoms with Crippen LogP contribution in [0.5, 0.6) is 5.75 Å². The van der Waals surface area contributed by atoms with Crippen LogP contribution in [0.4, 0.5) is 27.8 Å². The van der Waals surface area contributed by atoms with Crippen LogP contribution in [-0.2, 0) is 13.2 Å². The van der Waals surface area contributed by atoms with Crippen molar-refractivity contribution < 1.29 is 31.5 Å². The maximum Gasteiger partial charge on any atom is 0.434 e. The Morgan fingerprint density at radius 3 is 2.54 bits per heavy atom. The first-order valence-electron chi connectivity index (χ1n) is 11.2. The van der Waals surface area contributed by atoms with Crippen molar-refractivity contribution in [2.45, 2.75) is 31.5 Å². The number of likely N-dealkylation sites (tertiary alicyclic amines) is 1. The first-order valence-corrected chi connectivity index (χ1v) is 11.2.